The molecule has 0 aromatic heterocycles. The molecule has 2 rings (SSSR count). The Morgan fingerprint density at radius 2 is 1.86 bits per heavy atom. The Morgan fingerprint density at radius 3 is 2.33 bits per heavy atom. The van der Waals surface area contributed by atoms with E-state index in [0.29, 0.717) is 6.54 Å². The van der Waals surface area contributed by atoms with Gasteiger partial charge < -0.3 is 10.2 Å². The highest BCUT2D eigenvalue weighted by molar-refractivity contribution is 5.82. The maximum absolute atomic E-state index is 13.2. The minimum atomic E-state index is -2.76. The Bertz CT molecular complexity index is 366. The van der Waals surface area contributed by atoms with E-state index < -0.39 is 24.9 Å². The predicted molar refractivity (Wildman–Crippen MR) is 78.5 cm³/mol. The second-order valence-corrected chi connectivity index (χ2v) is 6.74. The molecule has 21 heavy (non-hydrogen) atoms. The molecule has 6 heteroatoms. The van der Waals surface area contributed by atoms with Gasteiger partial charge >= 0.3 is 0 Å². The molecule has 1 atom stereocenters. The lowest BCUT2D eigenvalue weighted by Gasteiger charge is -2.40. The summed E-state index contributed by atoms with van der Waals surface area (Å²) in [5.41, 5.74) is -0.0344. The van der Waals surface area contributed by atoms with Gasteiger partial charge in [-0.25, -0.2) is 8.78 Å². The van der Waals surface area contributed by atoms with Gasteiger partial charge in [0.15, 0.2) is 0 Å². The van der Waals surface area contributed by atoms with Crippen molar-refractivity contribution in [2.45, 2.75) is 62.4 Å². The lowest BCUT2D eigenvalue weighted by molar-refractivity contribution is -0.124. The lowest BCUT2D eigenvalue weighted by atomic mass is 9.88. The molecule has 0 bridgehead atoms. The van der Waals surface area contributed by atoms with Crippen molar-refractivity contribution in [2.24, 2.45) is 0 Å². The molecule has 0 aromatic rings. The van der Waals surface area contributed by atoms with Gasteiger partial charge in [-0.2, -0.15) is 0 Å². The molecule has 1 aliphatic carbocycles. The second-order valence-electron chi connectivity index (χ2n) is 6.74. The molecular formula is C15H27F2N3O. The van der Waals surface area contributed by atoms with Gasteiger partial charge in [0.2, 0.25) is 5.91 Å². The minimum absolute atomic E-state index is 0.0344. The average molecular weight is 303 g/mol. The molecule has 1 saturated heterocycles. The summed E-state index contributed by atoms with van der Waals surface area (Å²) in [6.45, 7) is 0.145. The van der Waals surface area contributed by atoms with Crippen LogP contribution in [-0.4, -0.2) is 55.5 Å². The van der Waals surface area contributed by atoms with E-state index in [-0.39, 0.29) is 11.4 Å². The fraction of sp³-hybridized carbons (Fsp3) is 0.933. The number of nitrogens with one attached hydrogen (secondary N) is 2. The SMILES string of the molecule is CN(C)C1(CNC(=O)C2CC(F)(F)CN2)CCCCCC1. The molecule has 4 nitrogen and oxygen atoms in total. The van der Waals surface area contributed by atoms with Crippen LogP contribution in [0.15, 0.2) is 0 Å². The summed E-state index contributed by atoms with van der Waals surface area (Å²) >= 11 is 0. The van der Waals surface area contributed by atoms with Crippen LogP contribution in [-0.2, 0) is 4.79 Å². The summed E-state index contributed by atoms with van der Waals surface area (Å²) in [5, 5.41) is 5.52. The van der Waals surface area contributed by atoms with Crippen LogP contribution in [0.2, 0.25) is 0 Å². The number of nitrogens with zero attached hydrogens (tertiary/aromatic N) is 1. The van der Waals surface area contributed by atoms with Crippen LogP contribution in [0.4, 0.5) is 8.78 Å². The van der Waals surface area contributed by atoms with E-state index in [1.165, 1.54) is 12.8 Å². The van der Waals surface area contributed by atoms with Crippen LogP contribution >= 0.6 is 0 Å². The van der Waals surface area contributed by atoms with Crippen LogP contribution < -0.4 is 10.6 Å². The number of hydrogen-bond donors (Lipinski definition) is 2. The quantitative estimate of drug-likeness (QED) is 0.778. The number of halogens is 2. The smallest absolute Gasteiger partial charge is 0.262 e. The van der Waals surface area contributed by atoms with Crippen molar-refractivity contribution >= 4 is 5.91 Å². The van der Waals surface area contributed by atoms with Crippen molar-refractivity contribution in [3.63, 3.8) is 0 Å². The Hall–Kier alpha value is -0.750. The van der Waals surface area contributed by atoms with E-state index in [9.17, 15) is 13.6 Å². The monoisotopic (exact) mass is 303 g/mol. The molecule has 2 aliphatic rings. The highest BCUT2D eigenvalue weighted by Crippen LogP contribution is 2.31. The van der Waals surface area contributed by atoms with E-state index in [0.717, 1.165) is 25.7 Å². The van der Waals surface area contributed by atoms with E-state index in [4.69, 9.17) is 0 Å². The summed E-state index contributed by atoms with van der Waals surface area (Å²) in [4.78, 5) is 14.3. The summed E-state index contributed by atoms with van der Waals surface area (Å²) in [5.74, 6) is -3.05. The first-order valence-corrected chi connectivity index (χ1v) is 7.91. The van der Waals surface area contributed by atoms with Crippen molar-refractivity contribution in [1.82, 2.24) is 15.5 Å². The first-order valence-electron chi connectivity index (χ1n) is 7.91. The van der Waals surface area contributed by atoms with Gasteiger partial charge in [0, 0.05) is 18.5 Å². The number of carbonyl (C=O) groups excluding carboxylic acids is 1. The number of rotatable bonds is 4. The molecule has 0 radical (unpaired) electrons. The van der Waals surface area contributed by atoms with Crippen molar-refractivity contribution in [3.05, 3.63) is 0 Å². The third kappa shape index (κ3) is 4.13. The van der Waals surface area contributed by atoms with Crippen LogP contribution in [0.3, 0.4) is 0 Å². The van der Waals surface area contributed by atoms with E-state index in [1.807, 2.05) is 14.1 Å². The summed E-state index contributed by atoms with van der Waals surface area (Å²) in [7, 11) is 4.08. The van der Waals surface area contributed by atoms with Crippen molar-refractivity contribution in [2.75, 3.05) is 27.2 Å². The number of likely N-dealkylation sites (N-methyl/N-ethyl adjacent to an activating group) is 1. The molecule has 1 aliphatic heterocycles. The van der Waals surface area contributed by atoms with Crippen molar-refractivity contribution in [1.29, 1.82) is 0 Å². The largest absolute Gasteiger partial charge is 0.353 e. The highest BCUT2D eigenvalue weighted by atomic mass is 19.3. The Labute approximate surface area is 125 Å². The zero-order valence-electron chi connectivity index (χ0n) is 13.1. The molecule has 122 valence electrons. The summed E-state index contributed by atoms with van der Waals surface area (Å²) in [6, 6.07) is -0.759. The van der Waals surface area contributed by atoms with Gasteiger partial charge in [-0.15, -0.1) is 0 Å². The minimum Gasteiger partial charge on any atom is -0.353 e. The maximum Gasteiger partial charge on any atom is 0.262 e. The van der Waals surface area contributed by atoms with Gasteiger partial charge in [0.05, 0.1) is 12.6 Å². The molecule has 0 spiro atoms. The molecule has 1 saturated carbocycles. The van der Waals surface area contributed by atoms with Crippen LogP contribution in [0.5, 0.6) is 0 Å². The van der Waals surface area contributed by atoms with Gasteiger partial charge in [-0.3, -0.25) is 10.1 Å². The molecule has 2 N–H and O–H groups in total. The molecule has 0 aromatic carbocycles. The molecule has 1 heterocycles. The van der Waals surface area contributed by atoms with Crippen LogP contribution in [0.25, 0.3) is 0 Å². The zero-order valence-corrected chi connectivity index (χ0v) is 13.1. The standard InChI is InChI=1S/C15H27F2N3O/c1-20(2)14(7-5-3-4-6-8-14)10-19-13(21)12-9-15(16,17)11-18-12/h12,18H,3-11H2,1-2H3,(H,19,21). The fourth-order valence-corrected chi connectivity index (χ4v) is 3.44. The van der Waals surface area contributed by atoms with Crippen molar-refractivity contribution < 1.29 is 13.6 Å². The van der Waals surface area contributed by atoms with Crippen molar-refractivity contribution in [3.8, 4) is 0 Å². The van der Waals surface area contributed by atoms with Gasteiger partial charge in [0.25, 0.3) is 5.92 Å². The number of amides is 1. The van der Waals surface area contributed by atoms with Gasteiger partial charge in [-0.1, -0.05) is 25.7 Å². The normalized spacial score (nSPS) is 28.3. The number of hydrogen-bond acceptors (Lipinski definition) is 3. The first kappa shape index (κ1) is 16.6. The Kier molecular flexibility index (Phi) is 5.20. The van der Waals surface area contributed by atoms with E-state index in [1.54, 1.807) is 0 Å². The third-order valence-electron chi connectivity index (χ3n) is 5.00. The van der Waals surface area contributed by atoms with E-state index >= 15 is 0 Å². The average Bonchev–Trinajstić information content (AvgIpc) is 2.64. The Balaban J connectivity index is 1.91. The highest BCUT2D eigenvalue weighted by Gasteiger charge is 2.43. The maximum atomic E-state index is 13.2. The zero-order chi connectivity index (χ0) is 15.5. The van der Waals surface area contributed by atoms with E-state index in [2.05, 4.69) is 15.5 Å². The predicted octanol–water partition coefficient (Wildman–Crippen LogP) is 1.75. The van der Waals surface area contributed by atoms with Gasteiger partial charge in [0.1, 0.15) is 0 Å². The number of carbonyl (C=O) groups is 1. The topological polar surface area (TPSA) is 44.4 Å². The second kappa shape index (κ2) is 6.57. The number of alkyl halides is 2. The fourth-order valence-electron chi connectivity index (χ4n) is 3.44. The summed E-state index contributed by atoms with van der Waals surface area (Å²) < 4.78 is 26.3. The Morgan fingerprint density at radius 1 is 1.24 bits per heavy atom. The third-order valence-corrected chi connectivity index (χ3v) is 5.00. The molecule has 1 amide bonds. The first-order chi connectivity index (χ1) is 9.85. The van der Waals surface area contributed by atoms with Crippen LogP contribution in [0, 0.1) is 0 Å². The summed E-state index contributed by atoms with van der Waals surface area (Å²) in [6.07, 6.45) is 6.50. The lowest BCUT2D eigenvalue weighted by Crippen LogP contribution is -2.54. The van der Waals surface area contributed by atoms with Crippen LogP contribution in [0.1, 0.15) is 44.9 Å². The van der Waals surface area contributed by atoms with Gasteiger partial charge in [-0.05, 0) is 26.9 Å². The molecule has 2 fully saturated rings. The molecule has 1 unspecified atom stereocenters. The molecular weight excluding hydrogens is 276 g/mol.